The molecule has 690 valence electrons. The van der Waals surface area contributed by atoms with Gasteiger partial charge in [-0.1, -0.05) is 174 Å². The van der Waals surface area contributed by atoms with Gasteiger partial charge in [0.25, 0.3) is 17.7 Å². The Morgan fingerprint density at radius 1 is 0.326 bits per heavy atom. The predicted octanol–water partition coefficient (Wildman–Crippen LogP) is 22.7. The molecule has 0 bridgehead atoms. The van der Waals surface area contributed by atoms with Gasteiger partial charge in [0.15, 0.2) is 23.1 Å². The fourth-order valence-electron chi connectivity index (χ4n) is 15.4. The number of ketones is 4. The van der Waals surface area contributed by atoms with Crippen LogP contribution in [-0.2, 0) is 18.3 Å². The van der Waals surface area contributed by atoms with Crippen LogP contribution in [0.5, 0.6) is 0 Å². The number of hydrogen-bond acceptors (Lipinski definition) is 21. The summed E-state index contributed by atoms with van der Waals surface area (Å²) in [6.45, 7) is 0. The minimum Gasteiger partial charge on any atom is -0.350 e. The molecule has 30 nitrogen and oxygen atoms in total. The molecule has 0 spiro atoms. The number of amides is 4. The van der Waals surface area contributed by atoms with Crippen LogP contribution in [0.25, 0.3) is 55.0 Å². The summed E-state index contributed by atoms with van der Waals surface area (Å²) in [5.74, 6) is -0.264. The summed E-state index contributed by atoms with van der Waals surface area (Å²) in [7, 11) is 1.98. The monoisotopic (exact) mass is 1920 g/mol. The number of carbonyl (C=O) groups is 8. The van der Waals surface area contributed by atoms with Crippen LogP contribution in [0.4, 0.5) is 73.2 Å². The minimum absolute atomic E-state index is 0.0420. The van der Waals surface area contributed by atoms with E-state index in [-0.39, 0.29) is 62.9 Å². The minimum atomic E-state index is -0.551. The molecule has 0 atom stereocenters. The Labute approximate surface area is 815 Å². The number of H-pyrrole nitrogens is 4. The third-order valence-corrected chi connectivity index (χ3v) is 23.2. The van der Waals surface area contributed by atoms with E-state index >= 15 is 0 Å². The zero-order chi connectivity index (χ0) is 97.4. The third-order valence-electron chi connectivity index (χ3n) is 22.3. The summed E-state index contributed by atoms with van der Waals surface area (Å²) in [4.78, 5) is 153. The van der Waals surface area contributed by atoms with Gasteiger partial charge in [-0.3, -0.25) is 43.3 Å². The molecule has 0 saturated carbocycles. The number of aryl methyl sites for hydroxylation is 1. The Morgan fingerprint density at radius 2 is 0.660 bits per heavy atom. The lowest BCUT2D eigenvalue weighted by Gasteiger charge is -2.10. The predicted molar refractivity (Wildman–Crippen MR) is 545 cm³/mol. The first-order valence-electron chi connectivity index (χ1n) is 43.5. The maximum Gasteiger partial charge on any atom is 0.257 e. The smallest absolute Gasteiger partial charge is 0.257 e. The summed E-state index contributed by atoms with van der Waals surface area (Å²) >= 11 is 17.9. The molecule has 0 aliphatic rings. The molecule has 10 aromatic heterocycles. The second-order valence-electron chi connectivity index (χ2n) is 31.5. The Balaban J connectivity index is 0.000000124. The molecule has 10 heterocycles. The fourth-order valence-corrected chi connectivity index (χ4v) is 15.9. The molecule has 4 amide bonds. The van der Waals surface area contributed by atoms with E-state index in [1.54, 1.807) is 176 Å². The van der Waals surface area contributed by atoms with E-state index in [9.17, 15) is 42.7 Å². The Kier molecular flexibility index (Phi) is 27.8. The van der Waals surface area contributed by atoms with Gasteiger partial charge < -0.3 is 67.0 Å². The fraction of sp³-hybridized carbons (Fsp3) is 0.0187. The van der Waals surface area contributed by atoms with Crippen LogP contribution >= 0.6 is 34.8 Å². The van der Waals surface area contributed by atoms with Gasteiger partial charge >= 0.3 is 0 Å². The first-order valence-corrected chi connectivity index (χ1v) is 44.6. The quantitative estimate of drug-likeness (QED) is 0.0236. The SMILES string of the molecule is Cn1cc(CC(=O)Nc2ccc(Nc3ncnc4[nH]cc(C(=O)c5ccccc5)c34)cc2)c2ccccc21.O=C(Nc1ccc(Nc2ncnc3[nH]cc(C(=O)c4ccccc4)c23)cc1)c1cc(F)ccc1Cl.O=C(Nc1ccc(Nc2ncnc3[nH]cc(C(=O)c4ccccc4)c23)cc1)c1ccc(Cl)cc1.O=C(Nc1ccc(Nc2ncnc3[nH]cc(C(=O)c4ccccc4)c23)cc1)c1ccncc1Cl. The van der Waals surface area contributed by atoms with Crippen molar-refractivity contribution < 1.29 is 42.7 Å². The van der Waals surface area contributed by atoms with Crippen molar-refractivity contribution in [3.8, 4) is 0 Å². The molecule has 12 N–H and O–H groups in total. The average molecular weight is 1920 g/mol. The van der Waals surface area contributed by atoms with E-state index in [4.69, 9.17) is 34.8 Å². The van der Waals surface area contributed by atoms with Crippen LogP contribution in [0.2, 0.25) is 15.1 Å². The van der Waals surface area contributed by atoms with Crippen molar-refractivity contribution in [3.63, 3.8) is 0 Å². The van der Waals surface area contributed by atoms with Crippen molar-refractivity contribution in [1.82, 2.24) is 69.4 Å². The molecular weight excluding hydrogens is 1850 g/mol. The number of aromatic nitrogens is 14. The van der Waals surface area contributed by atoms with E-state index in [1.165, 1.54) is 49.8 Å². The van der Waals surface area contributed by atoms with Crippen molar-refractivity contribution >= 4 is 205 Å². The van der Waals surface area contributed by atoms with E-state index in [2.05, 4.69) is 107 Å². The van der Waals surface area contributed by atoms with Crippen molar-refractivity contribution in [3.05, 3.63) is 448 Å². The summed E-state index contributed by atoms with van der Waals surface area (Å²) < 4.78 is 15.5. The van der Waals surface area contributed by atoms with Crippen LogP contribution in [0.1, 0.15) is 100 Å². The zero-order valence-electron chi connectivity index (χ0n) is 74.0. The molecule has 11 aromatic carbocycles. The van der Waals surface area contributed by atoms with Crippen molar-refractivity contribution in [2.75, 3.05) is 42.5 Å². The maximum absolute atomic E-state index is 13.5. The van der Waals surface area contributed by atoms with Crippen LogP contribution in [-0.4, -0.2) is 116 Å². The summed E-state index contributed by atoms with van der Waals surface area (Å²) in [6.07, 6.45) is 17.5. The Morgan fingerprint density at radius 3 is 1.03 bits per heavy atom. The van der Waals surface area contributed by atoms with Gasteiger partial charge in [0, 0.05) is 140 Å². The number of aromatic amines is 4. The number of fused-ring (bicyclic) bond motifs is 5. The molecule has 0 saturated heterocycles. The molecule has 0 radical (unpaired) electrons. The molecule has 0 aliphatic heterocycles. The highest BCUT2D eigenvalue weighted by Crippen LogP contribution is 2.36. The Hall–Kier alpha value is -18.9. The summed E-state index contributed by atoms with van der Waals surface area (Å²) in [6, 6.07) is 84.5. The summed E-state index contributed by atoms with van der Waals surface area (Å²) in [5, 5.41) is 28.8. The molecule has 34 heteroatoms. The highest BCUT2D eigenvalue weighted by Gasteiger charge is 2.26. The number of pyridine rings is 1. The van der Waals surface area contributed by atoms with Gasteiger partial charge in [0.1, 0.15) is 77.0 Å². The maximum atomic E-state index is 13.5. The van der Waals surface area contributed by atoms with E-state index in [0.29, 0.717) is 156 Å². The number of halogens is 4. The highest BCUT2D eigenvalue weighted by molar-refractivity contribution is 6.35. The Bertz CT molecular complexity index is 8250. The lowest BCUT2D eigenvalue weighted by molar-refractivity contribution is -0.115. The van der Waals surface area contributed by atoms with Crippen molar-refractivity contribution in [2.24, 2.45) is 7.05 Å². The normalized spacial score (nSPS) is 10.8. The standard InChI is InChI=1S/C30H24N6O2.C26H17ClFN5O2.C26H18ClN5O2.C25H17ClN6O2/c1-36-17-20(23-9-5-6-10-25(23)36)15-26(37)34-21-11-13-22(14-12-21)35-30-27-24(16-31-29(27)32-18-33-30)28(38)19-7-3-2-4-8-19;27-21-11-6-16(28)12-19(21)26(35)33-18-9-7-17(8-10-18)32-25-22-20(13-29-24(22)30-14-31-25)23(34)15-4-2-1-3-5-15;27-18-8-6-17(7-9-18)26(34)32-20-12-10-19(11-13-20)31-25-22-21(14-28-24(22)29-15-30-25)23(33)16-4-2-1-3-5-16;26-20-13-27-11-10-18(20)25(34)32-17-8-6-16(7-9-17)31-24-21-19(12-28-23(21)29-14-30-24)22(33)15-4-2-1-3-5-15/h2-14,16-18H,15H2,1H3,(H,34,37)(H2,31,32,33,35);1-14H,(H,33,35)(H2,29,30,31,32);1-15H,(H,32,34)(H2,28,29,30,31);1-14H,(H,32,34)(H2,28,29,30,31). The number of nitrogens with zero attached hydrogens (tertiary/aromatic N) is 10. The molecule has 0 fully saturated rings. The second kappa shape index (κ2) is 42.4. The number of rotatable bonds is 25. The topological polar surface area (TPSA) is 417 Å². The second-order valence-corrected chi connectivity index (χ2v) is 32.8. The van der Waals surface area contributed by atoms with Gasteiger partial charge in [-0.15, -0.1) is 0 Å². The summed E-state index contributed by atoms with van der Waals surface area (Å²) in [5.41, 5.74) is 14.7. The van der Waals surface area contributed by atoms with Crippen LogP contribution in [0, 0.1) is 5.82 Å². The van der Waals surface area contributed by atoms with E-state index in [0.717, 1.165) is 39.6 Å². The average Bonchev–Trinajstić information content (AvgIpc) is 1.70. The number of nitrogens with one attached hydrogen (secondary N) is 12. The number of benzene rings is 11. The zero-order valence-corrected chi connectivity index (χ0v) is 76.3. The van der Waals surface area contributed by atoms with E-state index in [1.807, 2.05) is 139 Å². The highest BCUT2D eigenvalue weighted by atomic mass is 35.5. The first-order chi connectivity index (χ1) is 68.7. The molecule has 21 rings (SSSR count). The molecule has 0 unspecified atom stereocenters. The molecule has 0 aliphatic carbocycles. The van der Waals surface area contributed by atoms with Crippen LogP contribution in [0.3, 0.4) is 0 Å². The van der Waals surface area contributed by atoms with Gasteiger partial charge in [0.05, 0.1) is 71.4 Å². The van der Waals surface area contributed by atoms with E-state index < -0.39 is 11.7 Å². The van der Waals surface area contributed by atoms with Gasteiger partial charge in [-0.25, -0.2) is 44.3 Å². The van der Waals surface area contributed by atoms with Crippen molar-refractivity contribution in [2.45, 2.75) is 6.42 Å². The lowest BCUT2D eigenvalue weighted by atomic mass is 10.0. The number of carbonyl (C=O) groups excluding carboxylic acids is 8. The van der Waals surface area contributed by atoms with Crippen molar-refractivity contribution in [1.29, 1.82) is 0 Å². The molecular formula is C107H76Cl3FN22O8. The number of hydrogen-bond donors (Lipinski definition) is 12. The van der Waals surface area contributed by atoms with Gasteiger partial charge in [-0.2, -0.15) is 0 Å². The lowest BCUT2D eigenvalue weighted by Crippen LogP contribution is -2.14. The van der Waals surface area contributed by atoms with Gasteiger partial charge in [0.2, 0.25) is 5.91 Å². The largest absolute Gasteiger partial charge is 0.350 e. The third kappa shape index (κ3) is 21.6. The molecule has 21 aromatic rings. The molecule has 141 heavy (non-hydrogen) atoms. The van der Waals surface area contributed by atoms with Gasteiger partial charge in [-0.05, 0) is 157 Å². The van der Waals surface area contributed by atoms with Crippen LogP contribution in [0.15, 0.2) is 360 Å². The first kappa shape index (κ1) is 92.6. The number of para-hydroxylation sites is 1. The number of anilines is 12. The van der Waals surface area contributed by atoms with Crippen LogP contribution < -0.4 is 42.5 Å².